The molecule has 116 valence electrons. The van der Waals surface area contributed by atoms with Crippen molar-refractivity contribution in [2.45, 2.75) is 20.0 Å². The van der Waals surface area contributed by atoms with Gasteiger partial charge in [-0.05, 0) is 32.0 Å². The number of carboxylic acids is 1. The van der Waals surface area contributed by atoms with Gasteiger partial charge in [0.15, 0.2) is 0 Å². The lowest BCUT2D eigenvalue weighted by molar-refractivity contribution is 0.0698. The van der Waals surface area contributed by atoms with Crippen LogP contribution >= 0.6 is 11.6 Å². The van der Waals surface area contributed by atoms with E-state index in [1.54, 1.807) is 18.6 Å². The number of amides is 1. The number of rotatable bonds is 5. The van der Waals surface area contributed by atoms with E-state index in [1.165, 1.54) is 6.07 Å². The summed E-state index contributed by atoms with van der Waals surface area (Å²) in [5.41, 5.74) is -0.596. The van der Waals surface area contributed by atoms with Gasteiger partial charge in [-0.1, -0.05) is 11.6 Å². The van der Waals surface area contributed by atoms with E-state index in [4.69, 9.17) is 16.7 Å². The van der Waals surface area contributed by atoms with E-state index in [-0.39, 0.29) is 16.3 Å². The average molecular weight is 337 g/mol. The summed E-state index contributed by atoms with van der Waals surface area (Å²) < 4.78 is 31.5. The highest BCUT2D eigenvalue weighted by molar-refractivity contribution is 7.91. The van der Waals surface area contributed by atoms with E-state index in [1.807, 2.05) is 4.72 Å². The van der Waals surface area contributed by atoms with Crippen molar-refractivity contribution in [3.05, 3.63) is 28.8 Å². The number of carbonyl (C=O) groups excluding carboxylic acids is 1. The maximum absolute atomic E-state index is 11.7. The van der Waals surface area contributed by atoms with Crippen LogP contribution in [0.15, 0.2) is 18.2 Å². The topological polar surface area (TPSA) is 122 Å². The number of carboxylic acid groups (broad SMARTS) is 1. The molecule has 21 heavy (non-hydrogen) atoms. The second-order valence-corrected chi connectivity index (χ2v) is 6.01. The van der Waals surface area contributed by atoms with Crippen LogP contribution < -0.4 is 9.44 Å². The molecule has 0 fully saturated rings. The van der Waals surface area contributed by atoms with E-state index in [0.29, 0.717) is 0 Å². The summed E-state index contributed by atoms with van der Waals surface area (Å²) in [4.78, 5) is 22.2. The van der Waals surface area contributed by atoms with Gasteiger partial charge in [0, 0.05) is 5.02 Å². The van der Waals surface area contributed by atoms with Gasteiger partial charge in [-0.25, -0.2) is 14.3 Å². The minimum atomic E-state index is -4.35. The SMILES string of the molecule is CC(C)OC(=O)NS(=O)(=O)Nc1cc(Cl)ccc1C(=O)O. The molecule has 0 saturated carbocycles. The zero-order valence-electron chi connectivity index (χ0n) is 11.1. The molecule has 1 rings (SSSR count). The standard InChI is InChI=1S/C11H13ClN2O6S/c1-6(2)20-11(17)14-21(18,19)13-9-5-7(12)3-4-8(9)10(15)16/h3-6,13H,1-2H3,(H,14,17)(H,15,16). The molecular formula is C11H13ClN2O6S. The van der Waals surface area contributed by atoms with E-state index >= 15 is 0 Å². The predicted octanol–water partition coefficient (Wildman–Crippen LogP) is 1.83. The molecule has 0 heterocycles. The highest BCUT2D eigenvalue weighted by Gasteiger charge is 2.20. The number of benzene rings is 1. The lowest BCUT2D eigenvalue weighted by Crippen LogP contribution is -2.37. The van der Waals surface area contributed by atoms with Crippen LogP contribution in [-0.4, -0.2) is 31.7 Å². The number of halogens is 1. The van der Waals surface area contributed by atoms with Crippen molar-refractivity contribution in [1.29, 1.82) is 0 Å². The summed E-state index contributed by atoms with van der Waals surface area (Å²) in [7, 11) is -4.35. The number of anilines is 1. The van der Waals surface area contributed by atoms with Gasteiger partial charge in [0.1, 0.15) is 0 Å². The summed E-state index contributed by atoms with van der Waals surface area (Å²) in [6.07, 6.45) is -1.70. The van der Waals surface area contributed by atoms with Gasteiger partial charge in [-0.3, -0.25) is 4.72 Å². The molecule has 0 unspecified atom stereocenters. The Morgan fingerprint density at radius 1 is 1.33 bits per heavy atom. The van der Waals surface area contributed by atoms with Crippen LogP contribution in [-0.2, 0) is 14.9 Å². The van der Waals surface area contributed by atoms with E-state index < -0.39 is 28.4 Å². The molecule has 0 aliphatic heterocycles. The summed E-state index contributed by atoms with van der Waals surface area (Å²) in [5, 5.41) is 9.09. The Bertz CT molecular complexity index is 659. The molecule has 0 saturated heterocycles. The second-order valence-electron chi connectivity index (χ2n) is 4.16. The number of ether oxygens (including phenoxy) is 1. The minimum absolute atomic E-state index is 0.127. The Morgan fingerprint density at radius 3 is 2.48 bits per heavy atom. The first-order valence-corrected chi connectivity index (χ1v) is 7.51. The fourth-order valence-corrected chi connectivity index (χ4v) is 2.25. The zero-order valence-corrected chi connectivity index (χ0v) is 12.7. The summed E-state index contributed by atoms with van der Waals surface area (Å²) in [6.45, 7) is 3.08. The Morgan fingerprint density at radius 2 is 1.95 bits per heavy atom. The third kappa shape index (κ3) is 5.48. The van der Waals surface area contributed by atoms with E-state index in [0.717, 1.165) is 12.1 Å². The highest BCUT2D eigenvalue weighted by Crippen LogP contribution is 2.22. The average Bonchev–Trinajstić information content (AvgIpc) is 2.24. The first-order valence-electron chi connectivity index (χ1n) is 5.64. The third-order valence-corrected chi connectivity index (χ3v) is 3.18. The van der Waals surface area contributed by atoms with Gasteiger partial charge in [-0.15, -0.1) is 0 Å². The Balaban J connectivity index is 2.96. The molecule has 0 atom stereocenters. The summed E-state index contributed by atoms with van der Waals surface area (Å²) in [6, 6.07) is 3.54. The van der Waals surface area contributed by atoms with Crippen LogP contribution in [0.4, 0.5) is 10.5 Å². The normalized spacial score (nSPS) is 11.0. The Labute approximate surface area is 126 Å². The monoisotopic (exact) mass is 336 g/mol. The largest absolute Gasteiger partial charge is 0.478 e. The van der Waals surface area contributed by atoms with Crippen LogP contribution in [0.1, 0.15) is 24.2 Å². The van der Waals surface area contributed by atoms with Gasteiger partial charge in [0.05, 0.1) is 17.4 Å². The highest BCUT2D eigenvalue weighted by atomic mass is 35.5. The first kappa shape index (κ1) is 17.1. The maximum atomic E-state index is 11.7. The van der Waals surface area contributed by atoms with Gasteiger partial charge in [0.25, 0.3) is 0 Å². The molecule has 1 aromatic rings. The molecule has 1 amide bonds. The number of carbonyl (C=O) groups is 2. The molecule has 8 nitrogen and oxygen atoms in total. The number of nitrogens with one attached hydrogen (secondary N) is 2. The van der Waals surface area contributed by atoms with Crippen molar-refractivity contribution in [2.75, 3.05) is 4.72 Å². The van der Waals surface area contributed by atoms with E-state index in [9.17, 15) is 18.0 Å². The summed E-state index contributed by atoms with van der Waals surface area (Å²) in [5.74, 6) is -1.35. The molecular weight excluding hydrogens is 324 g/mol. The lowest BCUT2D eigenvalue weighted by Gasteiger charge is -2.13. The number of aromatic carboxylic acids is 1. The van der Waals surface area contributed by atoms with Crippen molar-refractivity contribution in [2.24, 2.45) is 0 Å². The van der Waals surface area contributed by atoms with Crippen LogP contribution in [0.5, 0.6) is 0 Å². The van der Waals surface area contributed by atoms with Crippen molar-refractivity contribution in [1.82, 2.24) is 4.72 Å². The molecule has 3 N–H and O–H groups in total. The van der Waals surface area contributed by atoms with Gasteiger partial charge in [0.2, 0.25) is 0 Å². The van der Waals surface area contributed by atoms with Gasteiger partial charge in [-0.2, -0.15) is 8.42 Å². The number of hydrogen-bond donors (Lipinski definition) is 3. The lowest BCUT2D eigenvalue weighted by atomic mass is 10.2. The van der Waals surface area contributed by atoms with Crippen molar-refractivity contribution in [3.8, 4) is 0 Å². The van der Waals surface area contributed by atoms with Crippen molar-refractivity contribution in [3.63, 3.8) is 0 Å². The van der Waals surface area contributed by atoms with E-state index in [2.05, 4.69) is 4.74 Å². The molecule has 0 bridgehead atoms. The van der Waals surface area contributed by atoms with Crippen LogP contribution in [0.3, 0.4) is 0 Å². The molecule has 0 spiro atoms. The van der Waals surface area contributed by atoms with Crippen LogP contribution in [0, 0.1) is 0 Å². The van der Waals surface area contributed by atoms with Crippen LogP contribution in [0.25, 0.3) is 0 Å². The van der Waals surface area contributed by atoms with Gasteiger partial charge < -0.3 is 9.84 Å². The molecule has 0 aromatic heterocycles. The number of hydrogen-bond acceptors (Lipinski definition) is 5. The second kappa shape index (κ2) is 6.64. The first-order chi connectivity index (χ1) is 9.60. The van der Waals surface area contributed by atoms with Gasteiger partial charge >= 0.3 is 22.3 Å². The fourth-order valence-electron chi connectivity index (χ4n) is 1.31. The fraction of sp³-hybridized carbons (Fsp3) is 0.273. The van der Waals surface area contributed by atoms with Crippen molar-refractivity contribution >= 4 is 39.6 Å². The van der Waals surface area contributed by atoms with Crippen LogP contribution in [0.2, 0.25) is 5.02 Å². The zero-order chi connectivity index (χ0) is 16.2. The Kier molecular flexibility index (Phi) is 5.39. The molecule has 1 aromatic carbocycles. The molecule has 0 aliphatic rings. The minimum Gasteiger partial charge on any atom is -0.478 e. The quantitative estimate of drug-likeness (QED) is 0.754. The maximum Gasteiger partial charge on any atom is 0.422 e. The smallest absolute Gasteiger partial charge is 0.422 e. The Hall–Kier alpha value is -2.00. The van der Waals surface area contributed by atoms with Crippen molar-refractivity contribution < 1.29 is 27.9 Å². The third-order valence-electron chi connectivity index (χ3n) is 2.02. The molecule has 0 aliphatic carbocycles. The molecule has 10 heteroatoms. The summed E-state index contributed by atoms with van der Waals surface area (Å²) >= 11 is 5.69. The predicted molar refractivity (Wildman–Crippen MR) is 75.7 cm³/mol. The molecule has 0 radical (unpaired) electrons.